The van der Waals surface area contributed by atoms with Crippen molar-refractivity contribution < 1.29 is 0 Å². The summed E-state index contributed by atoms with van der Waals surface area (Å²) in [6, 6.07) is 57.0. The van der Waals surface area contributed by atoms with Crippen LogP contribution in [0.5, 0.6) is 0 Å². The third kappa shape index (κ3) is 3.89. The van der Waals surface area contributed by atoms with Crippen LogP contribution in [-0.2, 0) is 0 Å². The van der Waals surface area contributed by atoms with Gasteiger partial charge in [0.15, 0.2) is 0 Å². The molecule has 0 radical (unpaired) electrons. The lowest BCUT2D eigenvalue weighted by molar-refractivity contribution is 1.01. The first kappa shape index (κ1) is 26.0. The van der Waals surface area contributed by atoms with Gasteiger partial charge in [-0.3, -0.25) is 9.13 Å². The van der Waals surface area contributed by atoms with Crippen molar-refractivity contribution in [2.45, 2.75) is 0 Å². The summed E-state index contributed by atoms with van der Waals surface area (Å²) >= 11 is 0. The first-order chi connectivity index (χ1) is 22.8. The first-order valence-corrected chi connectivity index (χ1v) is 15.4. The fourth-order valence-corrected chi connectivity index (χ4v) is 7.01. The maximum atomic E-state index is 10.0. The molecule has 0 bridgehead atoms. The monoisotopic (exact) mass is 586 g/mol. The molecule has 9 aromatic rings. The molecule has 0 fully saturated rings. The lowest BCUT2D eigenvalue weighted by Gasteiger charge is -2.17. The van der Waals surface area contributed by atoms with Crippen molar-refractivity contribution in [2.75, 3.05) is 0 Å². The van der Waals surface area contributed by atoms with Gasteiger partial charge >= 0.3 is 0 Å². The molecule has 3 aromatic heterocycles. The Kier molecular flexibility index (Phi) is 5.84. The summed E-state index contributed by atoms with van der Waals surface area (Å²) in [6.45, 7) is 0. The van der Waals surface area contributed by atoms with Crippen LogP contribution in [0.15, 0.2) is 158 Å². The molecule has 9 rings (SSSR count). The summed E-state index contributed by atoms with van der Waals surface area (Å²) in [4.78, 5) is 5.45. The lowest BCUT2D eigenvalue weighted by atomic mass is 9.92. The van der Waals surface area contributed by atoms with Gasteiger partial charge in [0.05, 0.1) is 33.7 Å². The minimum absolute atomic E-state index is 0.647. The van der Waals surface area contributed by atoms with E-state index in [-0.39, 0.29) is 0 Å². The highest BCUT2D eigenvalue weighted by molar-refractivity contribution is 6.10. The smallest absolute Gasteiger partial charge is 0.140 e. The Balaban J connectivity index is 1.41. The van der Waals surface area contributed by atoms with Crippen molar-refractivity contribution in [3.63, 3.8) is 0 Å². The Labute approximate surface area is 265 Å². The molecule has 214 valence electrons. The molecule has 4 heteroatoms. The van der Waals surface area contributed by atoms with E-state index in [1.807, 2.05) is 30.3 Å². The van der Waals surface area contributed by atoms with Gasteiger partial charge in [-0.1, -0.05) is 115 Å². The Morgan fingerprint density at radius 2 is 0.783 bits per heavy atom. The van der Waals surface area contributed by atoms with Gasteiger partial charge < -0.3 is 0 Å². The molecule has 0 amide bonds. The molecule has 0 atom stereocenters. The highest BCUT2D eigenvalue weighted by atomic mass is 15.1. The minimum atomic E-state index is 0.647. The van der Waals surface area contributed by atoms with E-state index < -0.39 is 0 Å². The quantitative estimate of drug-likeness (QED) is 0.206. The average Bonchev–Trinajstić information content (AvgIpc) is 3.65. The van der Waals surface area contributed by atoms with Crippen molar-refractivity contribution in [1.82, 2.24) is 14.1 Å². The summed E-state index contributed by atoms with van der Waals surface area (Å²) < 4.78 is 4.55. The molecule has 3 heterocycles. The third-order valence-electron chi connectivity index (χ3n) is 8.99. The molecule has 0 aliphatic carbocycles. The average molecular weight is 587 g/mol. The number of nitriles is 1. The van der Waals surface area contributed by atoms with E-state index in [0.717, 1.165) is 56.0 Å². The second kappa shape index (κ2) is 10.3. The topological polar surface area (TPSA) is 46.5 Å². The van der Waals surface area contributed by atoms with Crippen molar-refractivity contribution >= 4 is 43.6 Å². The van der Waals surface area contributed by atoms with Crippen LogP contribution in [0, 0.1) is 11.3 Å². The van der Waals surface area contributed by atoms with Gasteiger partial charge in [0, 0.05) is 27.1 Å². The van der Waals surface area contributed by atoms with Crippen LogP contribution >= 0.6 is 0 Å². The summed E-state index contributed by atoms with van der Waals surface area (Å²) in [7, 11) is 0. The Hall–Kier alpha value is -6.44. The number of aromatic nitrogens is 3. The summed E-state index contributed by atoms with van der Waals surface area (Å²) in [5, 5.41) is 14.8. The van der Waals surface area contributed by atoms with Crippen molar-refractivity contribution in [3.8, 4) is 40.0 Å². The fraction of sp³-hybridized carbons (Fsp3) is 0. The number of nitrogens with zero attached hydrogens (tertiary/aromatic N) is 4. The lowest BCUT2D eigenvalue weighted by Crippen LogP contribution is -2.04. The molecule has 0 N–H and O–H groups in total. The van der Waals surface area contributed by atoms with Crippen LogP contribution in [0.25, 0.3) is 77.5 Å². The summed E-state index contributed by atoms with van der Waals surface area (Å²) in [5.74, 6) is 1.66. The zero-order valence-corrected chi connectivity index (χ0v) is 24.8. The van der Waals surface area contributed by atoms with Gasteiger partial charge in [-0.15, -0.1) is 0 Å². The Morgan fingerprint density at radius 1 is 0.413 bits per heavy atom. The molecule has 0 saturated carbocycles. The van der Waals surface area contributed by atoms with Gasteiger partial charge in [-0.25, -0.2) is 4.98 Å². The minimum Gasteiger partial charge on any atom is -0.294 e. The van der Waals surface area contributed by atoms with Gasteiger partial charge in [0.25, 0.3) is 0 Å². The number of hydrogen-bond acceptors (Lipinski definition) is 2. The van der Waals surface area contributed by atoms with Crippen molar-refractivity contribution in [3.05, 3.63) is 163 Å². The number of fused-ring (bicyclic) bond motifs is 6. The van der Waals surface area contributed by atoms with Gasteiger partial charge in [-0.05, 0) is 59.2 Å². The van der Waals surface area contributed by atoms with Crippen LogP contribution in [0.4, 0.5) is 0 Å². The molecule has 0 spiro atoms. The Morgan fingerprint density at radius 3 is 1.24 bits per heavy atom. The molecule has 6 aromatic carbocycles. The standard InChI is InChI=1S/C42H26N4/c43-27-28-13-1-2-14-30(28)32-16-4-3-15-31(32)29-25-41(45-37-21-9-5-17-33(37)34-18-6-10-22-38(34)45)44-42(26-29)46-39-23-11-7-19-35(39)36-20-8-12-24-40(36)46/h1-26H. The normalized spacial score (nSPS) is 11.5. The van der Waals surface area contributed by atoms with E-state index >= 15 is 0 Å². The summed E-state index contributed by atoms with van der Waals surface area (Å²) in [5.41, 5.74) is 9.03. The van der Waals surface area contributed by atoms with Crippen molar-refractivity contribution in [2.24, 2.45) is 0 Å². The highest BCUT2D eigenvalue weighted by Gasteiger charge is 2.19. The SMILES string of the molecule is N#Cc1ccccc1-c1ccccc1-c1cc(-n2c3ccccc3c3ccccc32)nc(-n2c3ccccc3c3ccccc32)c1. The Bertz CT molecular complexity index is 2430. The number of para-hydroxylation sites is 4. The van der Waals surface area contributed by atoms with Crippen LogP contribution in [0.2, 0.25) is 0 Å². The predicted molar refractivity (Wildman–Crippen MR) is 189 cm³/mol. The van der Waals surface area contributed by atoms with E-state index in [9.17, 15) is 5.26 Å². The molecular formula is C42H26N4. The number of benzene rings is 6. The summed E-state index contributed by atoms with van der Waals surface area (Å²) in [6.07, 6.45) is 0. The molecular weight excluding hydrogens is 560 g/mol. The zero-order valence-electron chi connectivity index (χ0n) is 24.8. The van der Waals surface area contributed by atoms with E-state index in [4.69, 9.17) is 4.98 Å². The van der Waals surface area contributed by atoms with Crippen LogP contribution in [0.3, 0.4) is 0 Å². The van der Waals surface area contributed by atoms with E-state index in [2.05, 4.69) is 143 Å². The zero-order chi connectivity index (χ0) is 30.6. The van der Waals surface area contributed by atoms with Crippen LogP contribution < -0.4 is 0 Å². The third-order valence-corrected chi connectivity index (χ3v) is 8.99. The molecule has 0 aliphatic heterocycles. The van der Waals surface area contributed by atoms with E-state index in [1.54, 1.807) is 0 Å². The van der Waals surface area contributed by atoms with E-state index in [0.29, 0.717) is 5.56 Å². The van der Waals surface area contributed by atoms with Gasteiger partial charge in [0.2, 0.25) is 0 Å². The number of pyridine rings is 1. The van der Waals surface area contributed by atoms with Gasteiger partial charge in [0.1, 0.15) is 11.6 Å². The fourth-order valence-electron chi connectivity index (χ4n) is 7.01. The highest BCUT2D eigenvalue weighted by Crippen LogP contribution is 2.39. The maximum Gasteiger partial charge on any atom is 0.140 e. The number of hydrogen-bond donors (Lipinski definition) is 0. The molecule has 0 aliphatic rings. The van der Waals surface area contributed by atoms with Crippen LogP contribution in [0.1, 0.15) is 5.56 Å². The number of rotatable bonds is 4. The largest absolute Gasteiger partial charge is 0.294 e. The predicted octanol–water partition coefficient (Wildman–Crippen LogP) is 10.5. The first-order valence-electron chi connectivity index (χ1n) is 15.4. The second-order valence-electron chi connectivity index (χ2n) is 11.5. The molecule has 46 heavy (non-hydrogen) atoms. The molecule has 4 nitrogen and oxygen atoms in total. The maximum absolute atomic E-state index is 10.0. The van der Waals surface area contributed by atoms with Crippen LogP contribution in [-0.4, -0.2) is 14.1 Å². The van der Waals surface area contributed by atoms with Gasteiger partial charge in [-0.2, -0.15) is 5.26 Å². The second-order valence-corrected chi connectivity index (χ2v) is 11.5. The van der Waals surface area contributed by atoms with E-state index in [1.165, 1.54) is 21.5 Å². The van der Waals surface area contributed by atoms with Crippen molar-refractivity contribution in [1.29, 1.82) is 5.26 Å². The molecule has 0 saturated heterocycles. The molecule has 0 unspecified atom stereocenters.